The molecule has 0 radical (unpaired) electrons. The zero-order valence-electron chi connectivity index (χ0n) is 18.5. The van der Waals surface area contributed by atoms with Crippen LogP contribution in [0.4, 0.5) is 4.39 Å². The molecule has 6 nitrogen and oxygen atoms in total. The monoisotopic (exact) mass is 452 g/mol. The van der Waals surface area contributed by atoms with Gasteiger partial charge in [0.2, 0.25) is 5.91 Å². The zero-order chi connectivity index (χ0) is 23.8. The second kappa shape index (κ2) is 11.4. The Kier molecular flexibility index (Phi) is 8.40. The van der Waals surface area contributed by atoms with Gasteiger partial charge >= 0.3 is 0 Å². The van der Waals surface area contributed by atoms with E-state index in [0.29, 0.717) is 18.5 Å². The van der Waals surface area contributed by atoms with E-state index in [-0.39, 0.29) is 42.2 Å². The number of phenols is 2. The maximum Gasteiger partial charge on any atom is 0.224 e. The van der Waals surface area contributed by atoms with Crippen molar-refractivity contribution >= 4 is 5.91 Å². The van der Waals surface area contributed by atoms with Crippen LogP contribution in [-0.2, 0) is 24.2 Å². The highest BCUT2D eigenvalue weighted by molar-refractivity contribution is 5.78. The summed E-state index contributed by atoms with van der Waals surface area (Å²) in [5.74, 6) is -0.620. The summed E-state index contributed by atoms with van der Waals surface area (Å²) in [6.07, 6.45) is 0.0705. The van der Waals surface area contributed by atoms with Gasteiger partial charge in [0.05, 0.1) is 12.5 Å². The summed E-state index contributed by atoms with van der Waals surface area (Å²) in [7, 11) is 0. The molecular weight excluding hydrogens is 423 g/mol. The van der Waals surface area contributed by atoms with Crippen molar-refractivity contribution in [3.05, 3.63) is 94.8 Å². The summed E-state index contributed by atoms with van der Waals surface area (Å²) in [6.45, 7) is 2.60. The van der Waals surface area contributed by atoms with Crippen LogP contribution in [0.25, 0.3) is 0 Å². The molecule has 0 spiro atoms. The molecule has 3 rings (SSSR count). The first-order valence-electron chi connectivity index (χ1n) is 10.8. The number of hydrogen-bond donors (Lipinski definition) is 5. The van der Waals surface area contributed by atoms with Gasteiger partial charge < -0.3 is 26.0 Å². The molecule has 0 bridgehead atoms. The molecule has 0 aliphatic rings. The minimum atomic E-state index is -0.874. The van der Waals surface area contributed by atoms with Gasteiger partial charge in [-0.25, -0.2) is 4.39 Å². The Balaban J connectivity index is 1.47. The van der Waals surface area contributed by atoms with Gasteiger partial charge in [-0.15, -0.1) is 0 Å². The van der Waals surface area contributed by atoms with Gasteiger partial charge in [0, 0.05) is 25.2 Å². The van der Waals surface area contributed by atoms with E-state index < -0.39 is 6.10 Å². The summed E-state index contributed by atoms with van der Waals surface area (Å²) in [5, 5.41) is 35.6. The Labute approximate surface area is 192 Å². The van der Waals surface area contributed by atoms with Gasteiger partial charge in [-0.05, 0) is 59.9 Å². The average Bonchev–Trinajstić information content (AvgIpc) is 2.76. The third-order valence-electron chi connectivity index (χ3n) is 5.27. The predicted molar refractivity (Wildman–Crippen MR) is 124 cm³/mol. The molecule has 0 aliphatic heterocycles. The van der Waals surface area contributed by atoms with Crippen LogP contribution in [0.15, 0.2) is 66.7 Å². The highest BCUT2D eigenvalue weighted by Gasteiger charge is 2.12. The van der Waals surface area contributed by atoms with Crippen LogP contribution >= 0.6 is 0 Å². The van der Waals surface area contributed by atoms with Crippen molar-refractivity contribution in [3.8, 4) is 11.5 Å². The van der Waals surface area contributed by atoms with E-state index in [9.17, 15) is 24.5 Å². The minimum Gasteiger partial charge on any atom is -0.508 e. The molecule has 2 atom stereocenters. The van der Waals surface area contributed by atoms with Crippen LogP contribution in [-0.4, -0.2) is 33.8 Å². The first-order chi connectivity index (χ1) is 15.8. The summed E-state index contributed by atoms with van der Waals surface area (Å²) in [4.78, 5) is 12.3. The van der Waals surface area contributed by atoms with Gasteiger partial charge in [0.15, 0.2) is 0 Å². The number of carbonyl (C=O) groups is 1. The average molecular weight is 453 g/mol. The first-order valence-corrected chi connectivity index (χ1v) is 10.8. The number of rotatable bonds is 10. The van der Waals surface area contributed by atoms with Crippen LogP contribution in [0, 0.1) is 5.82 Å². The number of phenolic OH excluding ortho intramolecular Hbond substituents is 2. The maximum absolute atomic E-state index is 13.0. The molecule has 0 aliphatic carbocycles. The molecule has 1 amide bonds. The Hall–Kier alpha value is -3.42. The topological polar surface area (TPSA) is 102 Å². The Morgan fingerprint density at radius 3 is 2.30 bits per heavy atom. The lowest BCUT2D eigenvalue weighted by atomic mass is 10.0. The van der Waals surface area contributed by atoms with Crippen molar-refractivity contribution in [1.82, 2.24) is 10.6 Å². The number of halogens is 1. The van der Waals surface area contributed by atoms with Crippen molar-refractivity contribution in [2.24, 2.45) is 0 Å². The lowest BCUT2D eigenvalue weighted by molar-refractivity contribution is -0.120. The van der Waals surface area contributed by atoms with Gasteiger partial charge in [-0.3, -0.25) is 4.79 Å². The fourth-order valence-electron chi connectivity index (χ4n) is 3.58. The van der Waals surface area contributed by atoms with E-state index in [1.165, 1.54) is 30.3 Å². The molecule has 7 heteroatoms. The predicted octanol–water partition coefficient (Wildman–Crippen LogP) is 3.35. The molecule has 174 valence electrons. The van der Waals surface area contributed by atoms with Crippen molar-refractivity contribution < 1.29 is 24.5 Å². The van der Waals surface area contributed by atoms with Crippen LogP contribution < -0.4 is 10.6 Å². The standard InChI is InChI=1S/C26H29FN2O4/c1-17(28-16-25(32)21-12-23(30)14-24(31)13-21)9-19-3-2-4-20(10-19)11-26(33)29-15-18-5-7-22(27)8-6-18/h2-8,10,12-14,17,25,28,30-32H,9,11,15-16H2,1H3,(H,29,33)/t17-,25+/m1/s1. The number of carbonyl (C=O) groups excluding carboxylic acids is 1. The number of hydrogen-bond acceptors (Lipinski definition) is 5. The quantitative estimate of drug-likeness (QED) is 0.325. The van der Waals surface area contributed by atoms with Gasteiger partial charge in [-0.2, -0.15) is 0 Å². The number of aromatic hydroxyl groups is 2. The molecule has 0 saturated carbocycles. The van der Waals surface area contributed by atoms with E-state index >= 15 is 0 Å². The largest absolute Gasteiger partial charge is 0.508 e. The van der Waals surface area contributed by atoms with Crippen LogP contribution in [0.3, 0.4) is 0 Å². The third-order valence-corrected chi connectivity index (χ3v) is 5.27. The van der Waals surface area contributed by atoms with E-state index in [0.717, 1.165) is 16.7 Å². The molecule has 0 unspecified atom stereocenters. The van der Waals surface area contributed by atoms with E-state index in [2.05, 4.69) is 10.6 Å². The molecule has 0 fully saturated rings. The van der Waals surface area contributed by atoms with E-state index in [4.69, 9.17) is 0 Å². The van der Waals surface area contributed by atoms with Gasteiger partial charge in [-0.1, -0.05) is 36.4 Å². The normalized spacial score (nSPS) is 12.8. The molecule has 5 N–H and O–H groups in total. The highest BCUT2D eigenvalue weighted by Crippen LogP contribution is 2.24. The van der Waals surface area contributed by atoms with Crippen molar-refractivity contribution in [2.45, 2.75) is 38.5 Å². The van der Waals surface area contributed by atoms with Gasteiger partial charge in [0.1, 0.15) is 17.3 Å². The first kappa shape index (κ1) is 24.2. The SMILES string of the molecule is C[C@H](Cc1cccc(CC(=O)NCc2ccc(F)cc2)c1)NC[C@H](O)c1cc(O)cc(O)c1. The van der Waals surface area contributed by atoms with Crippen LogP contribution in [0.5, 0.6) is 11.5 Å². The maximum atomic E-state index is 13.0. The number of aliphatic hydroxyl groups excluding tert-OH is 1. The summed E-state index contributed by atoms with van der Waals surface area (Å²) in [5.41, 5.74) is 3.22. The fourth-order valence-corrected chi connectivity index (χ4v) is 3.58. The van der Waals surface area contributed by atoms with Crippen LogP contribution in [0.1, 0.15) is 35.3 Å². The number of aliphatic hydroxyl groups is 1. The Morgan fingerprint density at radius 1 is 0.939 bits per heavy atom. The molecule has 3 aromatic carbocycles. The second-order valence-corrected chi connectivity index (χ2v) is 8.21. The zero-order valence-corrected chi connectivity index (χ0v) is 18.5. The van der Waals surface area contributed by atoms with Crippen molar-refractivity contribution in [2.75, 3.05) is 6.54 Å². The molecule has 0 saturated heterocycles. The summed E-state index contributed by atoms with van der Waals surface area (Å²) >= 11 is 0. The Morgan fingerprint density at radius 2 is 1.61 bits per heavy atom. The van der Waals surface area contributed by atoms with E-state index in [1.54, 1.807) is 12.1 Å². The molecule has 0 heterocycles. The smallest absolute Gasteiger partial charge is 0.224 e. The summed E-state index contributed by atoms with van der Waals surface area (Å²) in [6, 6.07) is 17.9. The van der Waals surface area contributed by atoms with E-state index in [1.807, 2.05) is 31.2 Å². The number of amides is 1. The number of nitrogens with one attached hydrogen (secondary N) is 2. The molecule has 3 aromatic rings. The van der Waals surface area contributed by atoms with Crippen LogP contribution in [0.2, 0.25) is 0 Å². The highest BCUT2D eigenvalue weighted by atomic mass is 19.1. The minimum absolute atomic E-state index is 0.0492. The van der Waals surface area contributed by atoms with Crippen molar-refractivity contribution in [3.63, 3.8) is 0 Å². The molecule has 0 aromatic heterocycles. The second-order valence-electron chi connectivity index (χ2n) is 8.21. The van der Waals surface area contributed by atoms with Crippen molar-refractivity contribution in [1.29, 1.82) is 0 Å². The Bertz CT molecular complexity index is 1050. The lowest BCUT2D eigenvalue weighted by Crippen LogP contribution is -2.32. The lowest BCUT2D eigenvalue weighted by Gasteiger charge is -2.18. The summed E-state index contributed by atoms with van der Waals surface area (Å²) < 4.78 is 13.0. The molecule has 33 heavy (non-hydrogen) atoms. The number of benzene rings is 3. The third kappa shape index (κ3) is 7.89. The molecular formula is C26H29FN2O4. The van der Waals surface area contributed by atoms with Gasteiger partial charge in [0.25, 0.3) is 0 Å². The fraction of sp³-hybridized carbons (Fsp3) is 0.269.